The van der Waals surface area contributed by atoms with Gasteiger partial charge in [-0.2, -0.15) is 5.26 Å². The van der Waals surface area contributed by atoms with Crippen LogP contribution in [0.3, 0.4) is 0 Å². The van der Waals surface area contributed by atoms with E-state index < -0.39 is 36.6 Å². The minimum Gasteiger partial charge on any atom is -0.388 e. The smallest absolute Gasteiger partial charge is 0.262 e. The van der Waals surface area contributed by atoms with Gasteiger partial charge in [0.25, 0.3) is 5.91 Å². The normalized spacial score (nSPS) is 29.8. The number of aliphatic hydroxyl groups is 4. The van der Waals surface area contributed by atoms with Gasteiger partial charge in [-0.3, -0.25) is 4.79 Å². The maximum Gasteiger partial charge on any atom is 0.262 e. The maximum absolute atomic E-state index is 12.1. The van der Waals surface area contributed by atoms with E-state index in [-0.39, 0.29) is 12.1 Å². The van der Waals surface area contributed by atoms with E-state index in [1.807, 2.05) is 0 Å². The Kier molecular flexibility index (Phi) is 6.60. The lowest BCUT2D eigenvalue weighted by Crippen LogP contribution is -2.60. The number of carbonyl (C=O) groups excluding carboxylic acids is 1. The van der Waals surface area contributed by atoms with Crippen LogP contribution in [0.2, 0.25) is 0 Å². The highest BCUT2D eigenvalue weighted by atomic mass is 79.9. The number of hydrogen-bond donors (Lipinski definition) is 5. The Morgan fingerprint density at radius 2 is 2.04 bits per heavy atom. The first kappa shape index (κ1) is 19.5. The van der Waals surface area contributed by atoms with E-state index in [0.29, 0.717) is 10.3 Å². The molecule has 1 saturated heterocycles. The molecule has 9 nitrogen and oxygen atoms in total. The predicted molar refractivity (Wildman–Crippen MR) is 87.4 cm³/mol. The Balaban J connectivity index is 2.02. The van der Waals surface area contributed by atoms with Crippen LogP contribution in [0, 0.1) is 11.3 Å². The van der Waals surface area contributed by atoms with Crippen LogP contribution in [-0.4, -0.2) is 68.6 Å². The minimum absolute atomic E-state index is 0.225. The van der Waals surface area contributed by atoms with Gasteiger partial charge in [-0.05, 0) is 34.1 Å². The highest BCUT2D eigenvalue weighted by Gasteiger charge is 2.42. The van der Waals surface area contributed by atoms with Crippen LogP contribution < -0.4 is 5.32 Å². The average Bonchev–Trinajstić information content (AvgIpc) is 2.59. The highest BCUT2D eigenvalue weighted by molar-refractivity contribution is 9.10. The SMILES string of the molecule is N#C/C(=C\c1cccc(Br)n1)C(=O)NC[C@H]1O[C@H](O)[C@H](O)[C@@H](O)[C@@H]1O. The second kappa shape index (κ2) is 8.48. The van der Waals surface area contributed by atoms with Gasteiger partial charge in [-0.1, -0.05) is 6.07 Å². The number of aliphatic hydroxyl groups excluding tert-OH is 4. The van der Waals surface area contributed by atoms with Crippen LogP contribution in [-0.2, 0) is 9.53 Å². The Morgan fingerprint density at radius 3 is 2.68 bits per heavy atom. The van der Waals surface area contributed by atoms with E-state index in [0.717, 1.165) is 0 Å². The van der Waals surface area contributed by atoms with Crippen molar-refractivity contribution >= 4 is 27.9 Å². The van der Waals surface area contributed by atoms with E-state index >= 15 is 0 Å². The third kappa shape index (κ3) is 4.82. The first-order valence-corrected chi connectivity index (χ1v) is 8.03. The number of aromatic nitrogens is 1. The number of nitrogens with one attached hydrogen (secondary N) is 1. The van der Waals surface area contributed by atoms with Gasteiger partial charge in [0.2, 0.25) is 0 Å². The number of carbonyl (C=O) groups is 1. The van der Waals surface area contributed by atoms with Gasteiger partial charge in [0.1, 0.15) is 40.7 Å². The van der Waals surface area contributed by atoms with Crippen molar-refractivity contribution < 1.29 is 30.0 Å². The Bertz CT molecular complexity index is 707. The third-order valence-electron chi connectivity index (χ3n) is 3.54. The highest BCUT2D eigenvalue weighted by Crippen LogP contribution is 2.19. The average molecular weight is 414 g/mol. The molecule has 134 valence electrons. The van der Waals surface area contributed by atoms with Crippen LogP contribution in [0.25, 0.3) is 6.08 Å². The van der Waals surface area contributed by atoms with Gasteiger partial charge in [-0.15, -0.1) is 0 Å². The van der Waals surface area contributed by atoms with Gasteiger partial charge in [-0.25, -0.2) is 4.98 Å². The molecular formula is C15H16BrN3O6. The molecule has 0 saturated carbocycles. The molecule has 1 amide bonds. The summed E-state index contributed by atoms with van der Waals surface area (Å²) >= 11 is 3.18. The zero-order valence-corrected chi connectivity index (χ0v) is 14.4. The van der Waals surface area contributed by atoms with Crippen molar-refractivity contribution in [3.63, 3.8) is 0 Å². The molecule has 1 aliphatic heterocycles. The number of ether oxygens (including phenoxy) is 1. The minimum atomic E-state index is -1.70. The molecule has 2 rings (SSSR count). The van der Waals surface area contributed by atoms with Crippen LogP contribution in [0.1, 0.15) is 5.69 Å². The fourth-order valence-corrected chi connectivity index (χ4v) is 2.55. The molecule has 0 bridgehead atoms. The number of nitriles is 1. The van der Waals surface area contributed by atoms with Crippen LogP contribution in [0.15, 0.2) is 28.4 Å². The summed E-state index contributed by atoms with van der Waals surface area (Å²) in [7, 11) is 0. The zero-order chi connectivity index (χ0) is 18.6. The molecule has 25 heavy (non-hydrogen) atoms. The monoisotopic (exact) mass is 413 g/mol. The Morgan fingerprint density at radius 1 is 1.32 bits per heavy atom. The Labute approximate surface area is 151 Å². The standard InChI is InChI=1S/C15H16BrN3O6/c16-10-3-1-2-8(19-10)4-7(5-17)14(23)18-6-9-11(20)12(21)13(22)15(24)25-9/h1-4,9,11-13,15,20-22,24H,6H2,(H,18,23)/b7-4+/t9-,11-,12+,13-,15+/m1/s1. The molecule has 0 radical (unpaired) electrons. The van der Waals surface area contributed by atoms with E-state index in [4.69, 9.17) is 10.00 Å². The van der Waals surface area contributed by atoms with Crippen molar-refractivity contribution in [2.75, 3.05) is 6.54 Å². The predicted octanol–water partition coefficient (Wildman–Crippen LogP) is -1.33. The topological polar surface area (TPSA) is 156 Å². The number of pyridine rings is 1. The summed E-state index contributed by atoms with van der Waals surface area (Å²) in [4.78, 5) is 16.2. The largest absolute Gasteiger partial charge is 0.388 e. The van der Waals surface area contributed by atoms with Gasteiger partial charge in [0, 0.05) is 6.54 Å². The first-order chi connectivity index (χ1) is 11.8. The molecule has 2 heterocycles. The van der Waals surface area contributed by atoms with Gasteiger partial charge >= 0.3 is 0 Å². The van der Waals surface area contributed by atoms with Crippen molar-refractivity contribution in [3.8, 4) is 6.07 Å². The van der Waals surface area contributed by atoms with Gasteiger partial charge in [0.05, 0.1) is 5.69 Å². The molecule has 0 unspecified atom stereocenters. The summed E-state index contributed by atoms with van der Waals surface area (Å²) in [5.74, 6) is -0.741. The van der Waals surface area contributed by atoms with Crippen molar-refractivity contribution in [2.45, 2.75) is 30.7 Å². The molecule has 5 atom stereocenters. The van der Waals surface area contributed by atoms with Gasteiger partial charge in [0.15, 0.2) is 6.29 Å². The summed E-state index contributed by atoms with van der Waals surface area (Å²) in [6.45, 7) is -0.286. The van der Waals surface area contributed by atoms with Crippen LogP contribution in [0.5, 0.6) is 0 Å². The number of amides is 1. The lowest BCUT2D eigenvalue weighted by atomic mass is 9.99. The second-order valence-corrected chi connectivity index (χ2v) is 6.11. The van der Waals surface area contributed by atoms with Crippen molar-refractivity contribution in [2.24, 2.45) is 0 Å². The molecule has 0 aromatic carbocycles. The lowest BCUT2D eigenvalue weighted by molar-refractivity contribution is -0.280. The quantitative estimate of drug-likeness (QED) is 0.231. The van der Waals surface area contributed by atoms with Gasteiger partial charge < -0.3 is 30.5 Å². The molecule has 5 N–H and O–H groups in total. The summed E-state index contributed by atoms with van der Waals surface area (Å²) < 4.78 is 5.48. The number of halogens is 1. The van der Waals surface area contributed by atoms with Crippen molar-refractivity contribution in [1.82, 2.24) is 10.3 Å². The third-order valence-corrected chi connectivity index (χ3v) is 3.99. The Hall–Kier alpha value is -1.87. The van der Waals surface area contributed by atoms with E-state index in [1.165, 1.54) is 6.08 Å². The van der Waals surface area contributed by atoms with E-state index in [1.54, 1.807) is 24.3 Å². The number of hydrogen-bond acceptors (Lipinski definition) is 8. The molecule has 10 heteroatoms. The fraction of sp³-hybridized carbons (Fsp3) is 0.400. The van der Waals surface area contributed by atoms with E-state index in [2.05, 4.69) is 26.2 Å². The molecule has 1 aliphatic rings. The number of nitrogens with zero attached hydrogens (tertiary/aromatic N) is 2. The zero-order valence-electron chi connectivity index (χ0n) is 12.8. The summed E-state index contributed by atoms with van der Waals surface area (Å²) in [6, 6.07) is 6.74. The van der Waals surface area contributed by atoms with Crippen molar-refractivity contribution in [3.05, 3.63) is 34.1 Å². The molecule has 1 aromatic rings. The fourth-order valence-electron chi connectivity index (χ4n) is 2.19. The summed E-state index contributed by atoms with van der Waals surface area (Å²) in [5.41, 5.74) is 0.168. The van der Waals surface area contributed by atoms with Crippen LogP contribution >= 0.6 is 15.9 Å². The molecular weight excluding hydrogens is 398 g/mol. The van der Waals surface area contributed by atoms with Crippen LogP contribution in [0.4, 0.5) is 0 Å². The molecule has 1 aromatic heterocycles. The molecule has 1 fully saturated rings. The lowest BCUT2D eigenvalue weighted by Gasteiger charge is -2.38. The summed E-state index contributed by atoms with van der Waals surface area (Å²) in [6.07, 6.45) is -6.36. The molecule has 0 aliphatic carbocycles. The summed E-state index contributed by atoms with van der Waals surface area (Å²) in [5, 5.41) is 49.7. The number of rotatable bonds is 4. The maximum atomic E-state index is 12.1. The van der Waals surface area contributed by atoms with E-state index in [9.17, 15) is 25.2 Å². The van der Waals surface area contributed by atoms with Crippen molar-refractivity contribution in [1.29, 1.82) is 5.26 Å². The molecule has 0 spiro atoms. The first-order valence-electron chi connectivity index (χ1n) is 7.23. The second-order valence-electron chi connectivity index (χ2n) is 5.30.